The van der Waals surface area contributed by atoms with Gasteiger partial charge in [0.2, 0.25) is 5.95 Å². The number of aryl methyl sites for hydroxylation is 1. The number of fused-ring (bicyclic) bond motifs is 2. The smallest absolute Gasteiger partial charge is 0.226 e. The van der Waals surface area contributed by atoms with E-state index in [4.69, 9.17) is 0 Å². The number of nitrogens with one attached hydrogen (secondary N) is 3. The number of nitrogens with zero attached hydrogens (tertiary/aromatic N) is 3. The van der Waals surface area contributed by atoms with E-state index in [-0.39, 0.29) is 0 Å². The van der Waals surface area contributed by atoms with Gasteiger partial charge in [-0.3, -0.25) is 0 Å². The number of anilines is 2. The number of imidazole rings is 1. The zero-order valence-electron chi connectivity index (χ0n) is 11.7. The maximum Gasteiger partial charge on any atom is 0.226 e. The van der Waals surface area contributed by atoms with E-state index in [0.717, 1.165) is 17.8 Å². The van der Waals surface area contributed by atoms with E-state index in [1.807, 2.05) is 18.4 Å². The van der Waals surface area contributed by atoms with E-state index in [9.17, 15) is 0 Å². The summed E-state index contributed by atoms with van der Waals surface area (Å²) in [5.41, 5.74) is 2.94. The Morgan fingerprint density at radius 3 is 3.24 bits per heavy atom. The maximum absolute atomic E-state index is 4.54. The summed E-state index contributed by atoms with van der Waals surface area (Å²) in [6.45, 7) is 0. The molecule has 0 saturated heterocycles. The number of hydrogen-bond acceptors (Lipinski definition) is 6. The highest BCUT2D eigenvalue weighted by Gasteiger charge is 2.22. The van der Waals surface area contributed by atoms with Crippen LogP contribution in [0, 0.1) is 0 Å². The van der Waals surface area contributed by atoms with Crippen LogP contribution in [0.15, 0.2) is 17.8 Å². The van der Waals surface area contributed by atoms with Crippen molar-refractivity contribution in [1.29, 1.82) is 0 Å². The van der Waals surface area contributed by atoms with Gasteiger partial charge in [-0.1, -0.05) is 0 Å². The van der Waals surface area contributed by atoms with Crippen molar-refractivity contribution in [3.8, 4) is 0 Å². The van der Waals surface area contributed by atoms with Crippen LogP contribution in [0.1, 0.15) is 29.3 Å². The second-order valence-corrected chi connectivity index (χ2v) is 6.14. The Hall–Kier alpha value is -2.15. The van der Waals surface area contributed by atoms with Crippen molar-refractivity contribution in [2.45, 2.75) is 25.3 Å². The van der Waals surface area contributed by atoms with E-state index in [1.165, 1.54) is 23.3 Å². The SMILES string of the molecule is CNc1nc(NC2CCCc3sccc32)c2[nH]cnc2n1. The number of H-pyrrole nitrogens is 1. The van der Waals surface area contributed by atoms with Crippen LogP contribution in [0.25, 0.3) is 11.2 Å². The van der Waals surface area contributed by atoms with Crippen LogP contribution in [0.4, 0.5) is 11.8 Å². The fourth-order valence-corrected chi connectivity index (χ4v) is 3.84. The Balaban J connectivity index is 1.73. The first kappa shape index (κ1) is 12.6. The minimum atomic E-state index is 0.311. The molecule has 108 valence electrons. The molecule has 1 aliphatic rings. The van der Waals surface area contributed by atoms with Gasteiger partial charge in [0.05, 0.1) is 12.4 Å². The lowest BCUT2D eigenvalue weighted by Gasteiger charge is -2.24. The minimum absolute atomic E-state index is 0.311. The van der Waals surface area contributed by atoms with Crippen molar-refractivity contribution >= 4 is 34.3 Å². The van der Waals surface area contributed by atoms with Gasteiger partial charge in [0.15, 0.2) is 11.5 Å². The molecule has 7 heteroatoms. The number of hydrogen-bond donors (Lipinski definition) is 3. The van der Waals surface area contributed by atoms with Crippen LogP contribution >= 0.6 is 11.3 Å². The van der Waals surface area contributed by atoms with Crippen LogP contribution in [0.2, 0.25) is 0 Å². The highest BCUT2D eigenvalue weighted by atomic mass is 32.1. The van der Waals surface area contributed by atoms with E-state index < -0.39 is 0 Å². The first-order chi connectivity index (χ1) is 10.3. The Labute approximate surface area is 126 Å². The molecule has 3 aromatic rings. The highest BCUT2D eigenvalue weighted by molar-refractivity contribution is 7.10. The summed E-state index contributed by atoms with van der Waals surface area (Å²) in [5.74, 6) is 1.39. The van der Waals surface area contributed by atoms with Gasteiger partial charge in [-0.25, -0.2) is 4.98 Å². The third-order valence-corrected chi connectivity index (χ3v) is 4.87. The first-order valence-electron chi connectivity index (χ1n) is 7.07. The van der Waals surface area contributed by atoms with Gasteiger partial charge in [0.1, 0.15) is 5.52 Å². The number of aromatic amines is 1. The largest absolute Gasteiger partial charge is 0.361 e. The molecule has 3 aromatic heterocycles. The molecule has 1 unspecified atom stereocenters. The second-order valence-electron chi connectivity index (χ2n) is 5.14. The van der Waals surface area contributed by atoms with Crippen LogP contribution in [0.3, 0.4) is 0 Å². The van der Waals surface area contributed by atoms with Crippen molar-refractivity contribution in [2.75, 3.05) is 17.7 Å². The topological polar surface area (TPSA) is 78.5 Å². The lowest BCUT2D eigenvalue weighted by atomic mass is 9.94. The summed E-state index contributed by atoms with van der Waals surface area (Å²) in [6, 6.07) is 2.53. The fourth-order valence-electron chi connectivity index (χ4n) is 2.85. The molecule has 0 spiro atoms. The zero-order chi connectivity index (χ0) is 14.2. The number of rotatable bonds is 3. The molecule has 0 radical (unpaired) electrons. The average molecular weight is 300 g/mol. The maximum atomic E-state index is 4.54. The molecule has 0 fully saturated rings. The van der Waals surface area contributed by atoms with E-state index >= 15 is 0 Å². The van der Waals surface area contributed by atoms with Gasteiger partial charge in [0, 0.05) is 11.9 Å². The molecule has 0 aromatic carbocycles. The van der Waals surface area contributed by atoms with Gasteiger partial charge in [0.25, 0.3) is 0 Å². The quantitative estimate of drug-likeness (QED) is 0.693. The van der Waals surface area contributed by atoms with Gasteiger partial charge >= 0.3 is 0 Å². The van der Waals surface area contributed by atoms with E-state index in [2.05, 4.69) is 42.0 Å². The Kier molecular flexibility index (Phi) is 2.99. The van der Waals surface area contributed by atoms with E-state index in [0.29, 0.717) is 17.6 Å². The molecule has 1 atom stereocenters. The number of aromatic nitrogens is 4. The Bertz CT molecular complexity index is 777. The average Bonchev–Trinajstić information content (AvgIpc) is 3.16. The number of thiophene rings is 1. The first-order valence-corrected chi connectivity index (χ1v) is 7.95. The molecule has 21 heavy (non-hydrogen) atoms. The molecule has 6 nitrogen and oxygen atoms in total. The Morgan fingerprint density at radius 1 is 1.38 bits per heavy atom. The molecular weight excluding hydrogens is 284 g/mol. The second kappa shape index (κ2) is 5.00. The summed E-state index contributed by atoms with van der Waals surface area (Å²) < 4.78 is 0. The third kappa shape index (κ3) is 2.13. The lowest BCUT2D eigenvalue weighted by molar-refractivity contribution is 0.607. The standard InChI is InChI=1S/C14H16N6S/c1-15-14-19-12-11(16-7-17-12)13(20-14)18-9-3-2-4-10-8(9)5-6-21-10/h5-7,9H,2-4H2,1H3,(H3,15,16,17,18,19,20). The summed E-state index contributed by atoms with van der Waals surface area (Å²) in [6.07, 6.45) is 5.18. The van der Waals surface area contributed by atoms with Gasteiger partial charge < -0.3 is 15.6 Å². The van der Waals surface area contributed by atoms with Gasteiger partial charge in [-0.2, -0.15) is 9.97 Å². The highest BCUT2D eigenvalue weighted by Crippen LogP contribution is 2.36. The molecule has 0 amide bonds. The van der Waals surface area contributed by atoms with Crippen LogP contribution in [-0.4, -0.2) is 27.0 Å². The van der Waals surface area contributed by atoms with Gasteiger partial charge in [-0.05, 0) is 36.3 Å². The van der Waals surface area contributed by atoms with Crippen molar-refractivity contribution in [3.05, 3.63) is 28.2 Å². The minimum Gasteiger partial charge on any atom is -0.361 e. The van der Waals surface area contributed by atoms with Crippen LogP contribution in [0.5, 0.6) is 0 Å². The zero-order valence-corrected chi connectivity index (χ0v) is 12.5. The fraction of sp³-hybridized carbons (Fsp3) is 0.357. The summed E-state index contributed by atoms with van der Waals surface area (Å²) in [7, 11) is 1.81. The predicted octanol–water partition coefficient (Wildman–Crippen LogP) is 2.95. The summed E-state index contributed by atoms with van der Waals surface area (Å²) in [4.78, 5) is 17.7. The molecule has 4 rings (SSSR count). The molecule has 0 saturated carbocycles. The van der Waals surface area contributed by atoms with Crippen molar-refractivity contribution in [1.82, 2.24) is 19.9 Å². The van der Waals surface area contributed by atoms with E-state index in [1.54, 1.807) is 6.33 Å². The van der Waals surface area contributed by atoms with Crippen molar-refractivity contribution in [2.24, 2.45) is 0 Å². The molecular formula is C14H16N6S. The molecule has 0 bridgehead atoms. The third-order valence-electron chi connectivity index (χ3n) is 3.87. The van der Waals surface area contributed by atoms with Gasteiger partial charge in [-0.15, -0.1) is 11.3 Å². The molecule has 3 N–H and O–H groups in total. The van der Waals surface area contributed by atoms with Crippen molar-refractivity contribution in [3.63, 3.8) is 0 Å². The summed E-state index contributed by atoms with van der Waals surface area (Å²) >= 11 is 1.85. The van der Waals surface area contributed by atoms with Crippen LogP contribution in [-0.2, 0) is 6.42 Å². The van der Waals surface area contributed by atoms with Crippen molar-refractivity contribution < 1.29 is 0 Å². The monoisotopic (exact) mass is 300 g/mol. The molecule has 3 heterocycles. The lowest BCUT2D eigenvalue weighted by Crippen LogP contribution is -2.17. The molecule has 1 aliphatic carbocycles. The Morgan fingerprint density at radius 2 is 2.33 bits per heavy atom. The van der Waals surface area contributed by atoms with Crippen LogP contribution < -0.4 is 10.6 Å². The molecule has 0 aliphatic heterocycles. The summed E-state index contributed by atoms with van der Waals surface area (Å²) in [5, 5.41) is 8.73. The predicted molar refractivity (Wildman–Crippen MR) is 84.9 cm³/mol. The normalized spacial score (nSPS) is 17.7.